The van der Waals surface area contributed by atoms with Crippen LogP contribution in [0.25, 0.3) is 0 Å². The van der Waals surface area contributed by atoms with Crippen LogP contribution in [0, 0.1) is 29.1 Å². The maximum absolute atomic E-state index is 12.5. The van der Waals surface area contributed by atoms with Crippen LogP contribution in [0.3, 0.4) is 0 Å². The summed E-state index contributed by atoms with van der Waals surface area (Å²) in [5.41, 5.74) is -0.565. The quantitative estimate of drug-likeness (QED) is 0.646. The second kappa shape index (κ2) is 6.53. The molecule has 0 radical (unpaired) electrons. The Kier molecular flexibility index (Phi) is 4.60. The molecule has 4 heteroatoms. The standard InChI is InChI=1S/C22H34O4/c1-4-21(2)13-18(25-20(21)24)6-5-7-19(23)26-22(3)16-9-14-8-15(11-16)12-17(22)10-14/h14-18H,4-13H2,1-3H3. The summed E-state index contributed by atoms with van der Waals surface area (Å²) in [6.45, 7) is 6.22. The van der Waals surface area contributed by atoms with Gasteiger partial charge in [0.1, 0.15) is 11.7 Å². The molecule has 0 aromatic carbocycles. The molecule has 5 rings (SSSR count). The van der Waals surface area contributed by atoms with Gasteiger partial charge in [0.15, 0.2) is 0 Å². The van der Waals surface area contributed by atoms with E-state index in [1.54, 1.807) is 0 Å². The Bertz CT molecular complexity index is 555. The van der Waals surface area contributed by atoms with Gasteiger partial charge in [0.2, 0.25) is 0 Å². The average molecular weight is 363 g/mol. The summed E-state index contributed by atoms with van der Waals surface area (Å²) in [5.74, 6) is 2.78. The minimum Gasteiger partial charge on any atom is -0.462 e. The Balaban J connectivity index is 1.25. The van der Waals surface area contributed by atoms with Crippen LogP contribution in [0.5, 0.6) is 0 Å². The van der Waals surface area contributed by atoms with Gasteiger partial charge >= 0.3 is 11.9 Å². The van der Waals surface area contributed by atoms with E-state index in [9.17, 15) is 9.59 Å². The number of hydrogen-bond acceptors (Lipinski definition) is 4. The van der Waals surface area contributed by atoms with Crippen molar-refractivity contribution >= 4 is 11.9 Å². The predicted molar refractivity (Wildman–Crippen MR) is 98.3 cm³/mol. The van der Waals surface area contributed by atoms with Crippen molar-refractivity contribution in [2.75, 3.05) is 0 Å². The molecule has 0 aromatic heterocycles. The molecule has 5 fully saturated rings. The van der Waals surface area contributed by atoms with Crippen LogP contribution in [-0.4, -0.2) is 23.6 Å². The van der Waals surface area contributed by atoms with Crippen molar-refractivity contribution in [3.05, 3.63) is 0 Å². The van der Waals surface area contributed by atoms with E-state index in [1.807, 2.05) is 13.8 Å². The molecule has 0 spiro atoms. The average Bonchev–Trinajstić information content (AvgIpc) is 2.87. The van der Waals surface area contributed by atoms with Crippen LogP contribution >= 0.6 is 0 Å². The first-order chi connectivity index (χ1) is 12.3. The fraction of sp³-hybridized carbons (Fsp3) is 0.909. The number of ether oxygens (including phenoxy) is 2. The van der Waals surface area contributed by atoms with Gasteiger partial charge in [-0.1, -0.05) is 6.92 Å². The lowest BCUT2D eigenvalue weighted by Crippen LogP contribution is -2.57. The molecule has 5 aliphatic rings. The van der Waals surface area contributed by atoms with Crippen LogP contribution in [0.4, 0.5) is 0 Å². The maximum Gasteiger partial charge on any atom is 0.312 e. The smallest absolute Gasteiger partial charge is 0.312 e. The van der Waals surface area contributed by atoms with Crippen molar-refractivity contribution in [3.8, 4) is 0 Å². The molecule has 0 aromatic rings. The molecular weight excluding hydrogens is 328 g/mol. The van der Waals surface area contributed by atoms with Crippen LogP contribution in [0.2, 0.25) is 0 Å². The van der Waals surface area contributed by atoms with E-state index < -0.39 is 0 Å². The first-order valence-electron chi connectivity index (χ1n) is 10.8. The summed E-state index contributed by atoms with van der Waals surface area (Å²) in [4.78, 5) is 24.5. The number of esters is 2. The van der Waals surface area contributed by atoms with Gasteiger partial charge in [0.25, 0.3) is 0 Å². The molecule has 4 bridgehead atoms. The molecule has 1 aliphatic heterocycles. The van der Waals surface area contributed by atoms with E-state index in [0.29, 0.717) is 18.3 Å². The van der Waals surface area contributed by atoms with Crippen LogP contribution < -0.4 is 0 Å². The van der Waals surface area contributed by atoms with Gasteiger partial charge in [-0.3, -0.25) is 9.59 Å². The molecule has 0 N–H and O–H groups in total. The first-order valence-corrected chi connectivity index (χ1v) is 10.8. The SMILES string of the molecule is CCC1(C)CC(CCCC(=O)OC2(C)C3CC4CC(C3)CC2C4)OC1=O. The van der Waals surface area contributed by atoms with Gasteiger partial charge in [-0.25, -0.2) is 0 Å². The van der Waals surface area contributed by atoms with E-state index >= 15 is 0 Å². The van der Waals surface area contributed by atoms with E-state index in [0.717, 1.165) is 37.5 Å². The Labute approximate surface area is 157 Å². The molecule has 0 amide bonds. The third-order valence-electron chi connectivity index (χ3n) is 8.23. The lowest BCUT2D eigenvalue weighted by molar-refractivity contribution is -0.203. The Morgan fingerprint density at radius 2 is 1.73 bits per heavy atom. The number of carbonyl (C=O) groups excluding carboxylic acids is 2. The van der Waals surface area contributed by atoms with Gasteiger partial charge in [0, 0.05) is 12.8 Å². The minimum absolute atomic E-state index is 0.0305. The maximum atomic E-state index is 12.5. The number of rotatable bonds is 6. The van der Waals surface area contributed by atoms with Gasteiger partial charge < -0.3 is 9.47 Å². The minimum atomic E-state index is -0.334. The molecule has 2 atom stereocenters. The van der Waals surface area contributed by atoms with E-state index in [2.05, 4.69) is 6.92 Å². The molecule has 1 saturated heterocycles. The molecule has 4 nitrogen and oxygen atoms in total. The zero-order chi connectivity index (χ0) is 18.5. The van der Waals surface area contributed by atoms with Crippen molar-refractivity contribution in [2.45, 2.75) is 96.7 Å². The van der Waals surface area contributed by atoms with Gasteiger partial charge in [-0.2, -0.15) is 0 Å². The Hall–Kier alpha value is -1.06. The van der Waals surface area contributed by atoms with E-state index in [-0.39, 0.29) is 29.1 Å². The Morgan fingerprint density at radius 1 is 1.12 bits per heavy atom. The molecule has 4 aliphatic carbocycles. The lowest BCUT2D eigenvalue weighted by Gasteiger charge is -2.59. The summed E-state index contributed by atoms with van der Waals surface area (Å²) in [5, 5.41) is 0. The van der Waals surface area contributed by atoms with Crippen LogP contribution in [0.1, 0.15) is 85.0 Å². The fourth-order valence-electron chi connectivity index (χ4n) is 6.43. The van der Waals surface area contributed by atoms with Crippen LogP contribution in [0.15, 0.2) is 0 Å². The highest BCUT2D eigenvalue weighted by Gasteiger charge is 2.57. The predicted octanol–water partition coefficient (Wildman–Crippen LogP) is 4.65. The number of carbonyl (C=O) groups is 2. The molecule has 4 saturated carbocycles. The monoisotopic (exact) mass is 362 g/mol. The van der Waals surface area contributed by atoms with Gasteiger partial charge in [-0.05, 0) is 88.9 Å². The van der Waals surface area contributed by atoms with Gasteiger partial charge in [0.05, 0.1) is 5.41 Å². The van der Waals surface area contributed by atoms with Crippen molar-refractivity contribution in [2.24, 2.45) is 29.1 Å². The topological polar surface area (TPSA) is 52.6 Å². The second-order valence-corrected chi connectivity index (χ2v) is 10.0. The summed E-state index contributed by atoms with van der Waals surface area (Å²) in [6, 6.07) is 0. The van der Waals surface area contributed by atoms with Gasteiger partial charge in [-0.15, -0.1) is 0 Å². The lowest BCUT2D eigenvalue weighted by atomic mass is 9.50. The zero-order valence-corrected chi connectivity index (χ0v) is 16.6. The highest BCUT2D eigenvalue weighted by molar-refractivity contribution is 5.78. The van der Waals surface area contributed by atoms with E-state index in [1.165, 1.54) is 32.1 Å². The Morgan fingerprint density at radius 3 is 2.27 bits per heavy atom. The summed E-state index contributed by atoms with van der Waals surface area (Å²) in [6.07, 6.45) is 9.94. The van der Waals surface area contributed by atoms with Crippen molar-refractivity contribution < 1.29 is 19.1 Å². The zero-order valence-electron chi connectivity index (χ0n) is 16.6. The third-order valence-corrected chi connectivity index (χ3v) is 8.23. The molecule has 1 heterocycles. The fourth-order valence-corrected chi connectivity index (χ4v) is 6.43. The number of hydrogen-bond donors (Lipinski definition) is 0. The molecule has 2 unspecified atom stereocenters. The second-order valence-electron chi connectivity index (χ2n) is 10.0. The normalized spacial score (nSPS) is 46.4. The van der Waals surface area contributed by atoms with Crippen molar-refractivity contribution in [1.82, 2.24) is 0 Å². The molecule has 26 heavy (non-hydrogen) atoms. The largest absolute Gasteiger partial charge is 0.462 e. The highest BCUT2D eigenvalue weighted by Crippen LogP contribution is 2.59. The molecule has 146 valence electrons. The highest BCUT2D eigenvalue weighted by atomic mass is 16.6. The molecular formula is C22H34O4. The van der Waals surface area contributed by atoms with Crippen molar-refractivity contribution in [1.29, 1.82) is 0 Å². The first kappa shape index (κ1) is 18.3. The third kappa shape index (κ3) is 3.07. The number of cyclic esters (lactones) is 1. The summed E-state index contributed by atoms with van der Waals surface area (Å²) < 4.78 is 11.6. The van der Waals surface area contributed by atoms with Crippen molar-refractivity contribution in [3.63, 3.8) is 0 Å². The summed E-state index contributed by atoms with van der Waals surface area (Å²) in [7, 11) is 0. The summed E-state index contributed by atoms with van der Waals surface area (Å²) >= 11 is 0. The van der Waals surface area contributed by atoms with E-state index in [4.69, 9.17) is 9.47 Å². The van der Waals surface area contributed by atoms with Crippen LogP contribution in [-0.2, 0) is 19.1 Å².